The molecular formula is C21H27BrN4O6. The fourth-order valence-electron chi connectivity index (χ4n) is 3.22. The highest BCUT2D eigenvalue weighted by Gasteiger charge is 2.42. The van der Waals surface area contributed by atoms with Gasteiger partial charge in [0.25, 0.3) is 0 Å². The molecule has 32 heavy (non-hydrogen) atoms. The van der Waals surface area contributed by atoms with E-state index in [1.54, 1.807) is 38.1 Å². The van der Waals surface area contributed by atoms with Gasteiger partial charge in [-0.1, -0.05) is 41.9 Å². The average molecular weight is 511 g/mol. The van der Waals surface area contributed by atoms with E-state index in [1.807, 2.05) is 0 Å². The minimum absolute atomic E-state index is 0.0115. The second kappa shape index (κ2) is 11.1. The van der Waals surface area contributed by atoms with E-state index in [-0.39, 0.29) is 37.4 Å². The molecule has 0 bridgehead atoms. The van der Waals surface area contributed by atoms with Crippen LogP contribution in [0.3, 0.4) is 0 Å². The Hall–Kier alpha value is -2.95. The molecule has 2 N–H and O–H groups in total. The molecule has 2 atom stereocenters. The van der Waals surface area contributed by atoms with Gasteiger partial charge in [-0.2, -0.15) is 0 Å². The highest BCUT2D eigenvalue weighted by Crippen LogP contribution is 2.18. The van der Waals surface area contributed by atoms with Crippen LogP contribution < -0.4 is 10.6 Å². The Morgan fingerprint density at radius 3 is 2.31 bits per heavy atom. The average Bonchev–Trinajstić information content (AvgIpc) is 3.21. The normalized spacial score (nSPS) is 16.5. The van der Waals surface area contributed by atoms with Crippen LogP contribution in [0.1, 0.15) is 31.1 Å². The van der Waals surface area contributed by atoms with Crippen molar-refractivity contribution in [1.29, 1.82) is 0 Å². The first kappa shape index (κ1) is 25.3. The molecule has 11 heteroatoms. The van der Waals surface area contributed by atoms with Crippen LogP contribution in [0.15, 0.2) is 28.7 Å². The molecule has 1 aliphatic rings. The Balaban J connectivity index is 2.14. The van der Waals surface area contributed by atoms with Crippen LogP contribution in [0.5, 0.6) is 0 Å². The topological polar surface area (TPSA) is 125 Å². The Morgan fingerprint density at radius 1 is 1.16 bits per heavy atom. The molecule has 1 aromatic carbocycles. The van der Waals surface area contributed by atoms with Crippen LogP contribution in [0.4, 0.5) is 4.79 Å². The maximum absolute atomic E-state index is 13.2. The maximum atomic E-state index is 13.2. The number of ether oxygens (including phenoxy) is 1. The summed E-state index contributed by atoms with van der Waals surface area (Å²) in [5.41, 5.74) is 0.431. The van der Waals surface area contributed by atoms with Gasteiger partial charge in [-0.05, 0) is 18.1 Å². The number of nitrogens with zero attached hydrogens (tertiary/aromatic N) is 2. The number of carbonyl (C=O) groups excluding carboxylic acids is 5. The molecule has 0 aliphatic carbocycles. The number of hydrogen-bond acceptors (Lipinski definition) is 6. The lowest BCUT2D eigenvalue weighted by atomic mass is 10.0. The number of hydrogen-bond donors (Lipinski definition) is 2. The molecule has 4 amide bonds. The zero-order valence-electron chi connectivity index (χ0n) is 18.4. The zero-order valence-corrected chi connectivity index (χ0v) is 20.0. The van der Waals surface area contributed by atoms with Gasteiger partial charge in [0, 0.05) is 17.0 Å². The van der Waals surface area contributed by atoms with E-state index in [2.05, 4.69) is 31.3 Å². The molecule has 1 aromatic rings. The first-order valence-electron chi connectivity index (χ1n) is 10.0. The van der Waals surface area contributed by atoms with Crippen molar-refractivity contribution in [1.82, 2.24) is 20.4 Å². The van der Waals surface area contributed by atoms with Crippen molar-refractivity contribution in [3.05, 3.63) is 34.3 Å². The van der Waals surface area contributed by atoms with Gasteiger partial charge in [-0.25, -0.2) is 4.79 Å². The Kier molecular flexibility index (Phi) is 8.76. The molecule has 10 nitrogen and oxygen atoms in total. The second-order valence-corrected chi connectivity index (χ2v) is 8.63. The number of rotatable bonds is 7. The summed E-state index contributed by atoms with van der Waals surface area (Å²) in [6, 6.07) is 4.76. The van der Waals surface area contributed by atoms with Crippen LogP contribution >= 0.6 is 15.9 Å². The summed E-state index contributed by atoms with van der Waals surface area (Å²) < 4.78 is 5.41. The number of carbonyl (C=O) groups is 5. The van der Waals surface area contributed by atoms with Crippen molar-refractivity contribution in [3.63, 3.8) is 0 Å². The van der Waals surface area contributed by atoms with Gasteiger partial charge >= 0.3 is 6.09 Å². The summed E-state index contributed by atoms with van der Waals surface area (Å²) >= 11 is 3.30. The first-order valence-corrected chi connectivity index (χ1v) is 10.8. The van der Waals surface area contributed by atoms with Gasteiger partial charge in [0.2, 0.25) is 17.7 Å². The highest BCUT2D eigenvalue weighted by atomic mass is 79.9. The van der Waals surface area contributed by atoms with Crippen LogP contribution in [-0.4, -0.2) is 78.3 Å². The van der Waals surface area contributed by atoms with Crippen molar-refractivity contribution in [2.75, 3.05) is 26.9 Å². The fourth-order valence-corrected chi connectivity index (χ4v) is 3.49. The van der Waals surface area contributed by atoms with Crippen LogP contribution in [0.25, 0.3) is 0 Å². The number of methoxy groups -OCH3 is 1. The van der Waals surface area contributed by atoms with E-state index in [0.29, 0.717) is 5.56 Å². The molecule has 0 unspecified atom stereocenters. The number of benzene rings is 1. The largest absolute Gasteiger partial charge is 0.453 e. The molecule has 0 aromatic heterocycles. The second-order valence-electron chi connectivity index (χ2n) is 7.71. The molecule has 0 saturated carbocycles. The Labute approximate surface area is 194 Å². The molecule has 0 spiro atoms. The van der Waals surface area contributed by atoms with Gasteiger partial charge in [0.05, 0.1) is 26.9 Å². The lowest BCUT2D eigenvalue weighted by Gasteiger charge is -2.29. The summed E-state index contributed by atoms with van der Waals surface area (Å²) in [5, 5.41) is 5.03. The van der Waals surface area contributed by atoms with Crippen LogP contribution in [0.2, 0.25) is 0 Å². The standard InChI is InChI=1S/C21H27BrN4O6/c1-12(2)18(24-21(31)32-4)20(30)26-11-25(13(3)27)10-16(26)19(29)23-9-17(28)14-5-7-15(22)8-6-14/h5-8,12,16,18H,9-11H2,1-4H3,(H,23,29)(H,24,31)/t16-,18-/m0/s1. The van der Waals surface area contributed by atoms with Gasteiger partial charge < -0.3 is 25.2 Å². The van der Waals surface area contributed by atoms with Crippen molar-refractivity contribution in [2.45, 2.75) is 32.9 Å². The molecular weight excluding hydrogens is 484 g/mol. The molecule has 1 heterocycles. The van der Waals surface area contributed by atoms with Crippen LogP contribution in [-0.2, 0) is 19.1 Å². The summed E-state index contributed by atoms with van der Waals surface area (Å²) in [6.07, 6.45) is -0.777. The lowest BCUT2D eigenvalue weighted by molar-refractivity contribution is -0.141. The van der Waals surface area contributed by atoms with E-state index in [9.17, 15) is 24.0 Å². The predicted molar refractivity (Wildman–Crippen MR) is 119 cm³/mol. The van der Waals surface area contributed by atoms with E-state index in [1.165, 1.54) is 23.8 Å². The minimum Gasteiger partial charge on any atom is -0.453 e. The summed E-state index contributed by atoms with van der Waals surface area (Å²) in [7, 11) is 1.18. The first-order chi connectivity index (χ1) is 15.0. The molecule has 2 rings (SSSR count). The lowest BCUT2D eigenvalue weighted by Crippen LogP contribution is -2.56. The summed E-state index contributed by atoms with van der Waals surface area (Å²) in [4.78, 5) is 64.6. The third-order valence-electron chi connectivity index (χ3n) is 5.10. The van der Waals surface area contributed by atoms with Crippen molar-refractivity contribution in [2.24, 2.45) is 5.92 Å². The van der Waals surface area contributed by atoms with Gasteiger partial charge in [-0.3, -0.25) is 19.2 Å². The smallest absolute Gasteiger partial charge is 0.407 e. The van der Waals surface area contributed by atoms with E-state index < -0.39 is 30.0 Å². The molecule has 1 aliphatic heterocycles. The third-order valence-corrected chi connectivity index (χ3v) is 5.63. The zero-order chi connectivity index (χ0) is 24.0. The molecule has 174 valence electrons. The number of nitrogens with one attached hydrogen (secondary N) is 2. The number of ketones is 1. The summed E-state index contributed by atoms with van der Waals surface area (Å²) in [5.74, 6) is -1.97. The van der Waals surface area contributed by atoms with E-state index >= 15 is 0 Å². The quantitative estimate of drug-likeness (QED) is 0.530. The number of halogens is 1. The SMILES string of the molecule is COC(=O)N[C@H](C(=O)N1CN(C(C)=O)C[C@H]1C(=O)NCC(=O)c1ccc(Br)cc1)C(C)C. The molecule has 0 radical (unpaired) electrons. The monoisotopic (exact) mass is 510 g/mol. The predicted octanol–water partition coefficient (Wildman–Crippen LogP) is 1.15. The molecule has 1 saturated heterocycles. The van der Waals surface area contributed by atoms with Crippen molar-refractivity contribution in [3.8, 4) is 0 Å². The van der Waals surface area contributed by atoms with E-state index in [0.717, 1.165) is 4.47 Å². The van der Waals surface area contributed by atoms with Crippen molar-refractivity contribution >= 4 is 45.5 Å². The van der Waals surface area contributed by atoms with Gasteiger partial charge in [0.1, 0.15) is 12.1 Å². The third kappa shape index (κ3) is 6.28. The van der Waals surface area contributed by atoms with Crippen LogP contribution in [0, 0.1) is 5.92 Å². The highest BCUT2D eigenvalue weighted by molar-refractivity contribution is 9.10. The fraction of sp³-hybridized carbons (Fsp3) is 0.476. The van der Waals surface area contributed by atoms with Crippen molar-refractivity contribution < 1.29 is 28.7 Å². The molecule has 1 fully saturated rings. The van der Waals surface area contributed by atoms with Gasteiger partial charge in [0.15, 0.2) is 5.78 Å². The Bertz CT molecular complexity index is 889. The number of Topliss-reactive ketones (excluding diaryl/α,β-unsaturated/α-hetero) is 1. The summed E-state index contributed by atoms with van der Waals surface area (Å²) in [6.45, 7) is 4.45. The number of alkyl carbamates (subject to hydrolysis) is 1. The maximum Gasteiger partial charge on any atom is 0.407 e. The Morgan fingerprint density at radius 2 is 1.78 bits per heavy atom. The van der Waals surface area contributed by atoms with E-state index in [4.69, 9.17) is 0 Å². The minimum atomic E-state index is -0.996. The number of amides is 4. The van der Waals surface area contributed by atoms with Gasteiger partial charge in [-0.15, -0.1) is 0 Å².